The zero-order valence-electron chi connectivity index (χ0n) is 16.6. The third kappa shape index (κ3) is 4.86. The summed E-state index contributed by atoms with van der Waals surface area (Å²) in [4.78, 5) is 14.6. The molecular formula is C21H27N3O4. The summed E-state index contributed by atoms with van der Waals surface area (Å²) in [5, 5.41) is 6.06. The van der Waals surface area contributed by atoms with Crippen molar-refractivity contribution >= 4 is 23.0 Å². The molecular weight excluding hydrogens is 358 g/mol. The molecule has 0 atom stereocenters. The number of benzene rings is 2. The highest BCUT2D eigenvalue weighted by molar-refractivity contribution is 5.94. The van der Waals surface area contributed by atoms with Crippen LogP contribution in [-0.2, 0) is 9.53 Å². The number of morpholine rings is 1. The van der Waals surface area contributed by atoms with Crippen molar-refractivity contribution in [3.63, 3.8) is 0 Å². The number of ether oxygens (including phenoxy) is 3. The van der Waals surface area contributed by atoms with Crippen LogP contribution in [0.4, 0.5) is 17.1 Å². The normalized spacial score (nSPS) is 13.8. The molecule has 0 spiro atoms. The Balaban J connectivity index is 1.55. The molecule has 1 heterocycles. The van der Waals surface area contributed by atoms with Crippen molar-refractivity contribution in [1.29, 1.82) is 0 Å². The lowest BCUT2D eigenvalue weighted by atomic mass is 10.1. The lowest BCUT2D eigenvalue weighted by molar-refractivity contribution is -0.114. The van der Waals surface area contributed by atoms with Crippen LogP contribution in [-0.4, -0.2) is 53.0 Å². The summed E-state index contributed by atoms with van der Waals surface area (Å²) in [6.07, 6.45) is 0. The average Bonchev–Trinajstić information content (AvgIpc) is 2.73. The maximum Gasteiger partial charge on any atom is 0.243 e. The van der Waals surface area contributed by atoms with Crippen molar-refractivity contribution in [2.45, 2.75) is 6.92 Å². The van der Waals surface area contributed by atoms with Gasteiger partial charge in [0, 0.05) is 36.2 Å². The molecule has 0 aromatic heterocycles. The molecule has 7 nitrogen and oxygen atoms in total. The maximum atomic E-state index is 12.3. The van der Waals surface area contributed by atoms with E-state index in [1.807, 2.05) is 43.3 Å². The van der Waals surface area contributed by atoms with E-state index >= 15 is 0 Å². The number of aryl methyl sites for hydroxylation is 1. The van der Waals surface area contributed by atoms with E-state index in [9.17, 15) is 4.79 Å². The predicted molar refractivity (Wildman–Crippen MR) is 111 cm³/mol. The molecule has 0 bridgehead atoms. The average molecular weight is 385 g/mol. The Morgan fingerprint density at radius 2 is 1.71 bits per heavy atom. The summed E-state index contributed by atoms with van der Waals surface area (Å²) in [7, 11) is 3.19. The number of nitrogens with one attached hydrogen (secondary N) is 2. The standard InChI is InChI=1S/C21H27N3O4/c1-15-12-19(26-2)20(27-3)13-18(15)22-14-21(25)23-16-4-6-17(7-5-16)24-8-10-28-11-9-24/h4-7,12-13,22H,8-11,14H2,1-3H3,(H,23,25). The number of methoxy groups -OCH3 is 2. The van der Waals surface area contributed by atoms with Gasteiger partial charge in [-0.1, -0.05) is 0 Å². The number of rotatable bonds is 7. The lowest BCUT2D eigenvalue weighted by Gasteiger charge is -2.28. The van der Waals surface area contributed by atoms with Gasteiger partial charge in [0.25, 0.3) is 0 Å². The van der Waals surface area contributed by atoms with E-state index in [1.165, 1.54) is 0 Å². The first kappa shape index (κ1) is 19.8. The Morgan fingerprint density at radius 3 is 2.36 bits per heavy atom. The van der Waals surface area contributed by atoms with Crippen LogP contribution >= 0.6 is 0 Å². The second-order valence-corrected chi connectivity index (χ2v) is 6.57. The van der Waals surface area contributed by atoms with Gasteiger partial charge in [-0.2, -0.15) is 0 Å². The number of hydrogen-bond donors (Lipinski definition) is 2. The zero-order chi connectivity index (χ0) is 19.9. The molecule has 150 valence electrons. The molecule has 2 aromatic carbocycles. The van der Waals surface area contributed by atoms with Crippen LogP contribution in [0.5, 0.6) is 11.5 Å². The van der Waals surface area contributed by atoms with Crippen LogP contribution in [0.2, 0.25) is 0 Å². The van der Waals surface area contributed by atoms with E-state index < -0.39 is 0 Å². The van der Waals surface area contributed by atoms with Crippen molar-refractivity contribution in [2.75, 3.05) is 62.6 Å². The number of carbonyl (C=O) groups excluding carboxylic acids is 1. The van der Waals surface area contributed by atoms with Crippen LogP contribution in [0, 0.1) is 6.92 Å². The van der Waals surface area contributed by atoms with Crippen molar-refractivity contribution in [3.8, 4) is 11.5 Å². The molecule has 1 fully saturated rings. The molecule has 1 aliphatic rings. The number of carbonyl (C=O) groups is 1. The monoisotopic (exact) mass is 385 g/mol. The van der Waals surface area contributed by atoms with Crippen LogP contribution in [0.1, 0.15) is 5.56 Å². The van der Waals surface area contributed by atoms with Crippen molar-refractivity contribution < 1.29 is 19.0 Å². The van der Waals surface area contributed by atoms with Gasteiger partial charge in [-0.15, -0.1) is 0 Å². The van der Waals surface area contributed by atoms with Crippen LogP contribution in [0.3, 0.4) is 0 Å². The zero-order valence-corrected chi connectivity index (χ0v) is 16.6. The van der Waals surface area contributed by atoms with Gasteiger partial charge in [0.15, 0.2) is 11.5 Å². The first-order chi connectivity index (χ1) is 13.6. The number of nitrogens with zero attached hydrogens (tertiary/aromatic N) is 1. The van der Waals surface area contributed by atoms with E-state index in [-0.39, 0.29) is 12.5 Å². The van der Waals surface area contributed by atoms with E-state index in [0.717, 1.165) is 48.9 Å². The third-order valence-corrected chi connectivity index (χ3v) is 4.70. The second kappa shape index (κ2) is 9.32. The number of amides is 1. The topological polar surface area (TPSA) is 72.1 Å². The first-order valence-corrected chi connectivity index (χ1v) is 9.30. The molecule has 2 N–H and O–H groups in total. The molecule has 2 aromatic rings. The van der Waals surface area contributed by atoms with E-state index in [0.29, 0.717) is 11.5 Å². The Kier molecular flexibility index (Phi) is 6.60. The lowest BCUT2D eigenvalue weighted by Crippen LogP contribution is -2.36. The highest BCUT2D eigenvalue weighted by atomic mass is 16.5. The molecule has 0 unspecified atom stereocenters. The van der Waals surface area contributed by atoms with Crippen molar-refractivity contribution in [3.05, 3.63) is 42.0 Å². The fraction of sp³-hybridized carbons (Fsp3) is 0.381. The summed E-state index contributed by atoms with van der Waals surface area (Å²) in [6.45, 7) is 5.38. The van der Waals surface area contributed by atoms with Gasteiger partial charge in [0.1, 0.15) is 0 Å². The molecule has 28 heavy (non-hydrogen) atoms. The summed E-state index contributed by atoms with van der Waals surface area (Å²) in [6, 6.07) is 11.6. The molecule has 1 aliphatic heterocycles. The minimum atomic E-state index is -0.117. The van der Waals surface area contributed by atoms with Gasteiger partial charge in [-0.25, -0.2) is 0 Å². The quantitative estimate of drug-likeness (QED) is 0.764. The number of anilines is 3. The summed E-state index contributed by atoms with van der Waals surface area (Å²) < 4.78 is 16.0. The van der Waals surface area contributed by atoms with E-state index in [2.05, 4.69) is 15.5 Å². The highest BCUT2D eigenvalue weighted by Gasteiger charge is 2.12. The molecule has 0 saturated carbocycles. The fourth-order valence-corrected chi connectivity index (χ4v) is 3.13. The predicted octanol–water partition coefficient (Wildman–Crippen LogP) is 2.90. The van der Waals surface area contributed by atoms with Gasteiger partial charge in [-0.05, 0) is 42.8 Å². The fourth-order valence-electron chi connectivity index (χ4n) is 3.13. The largest absolute Gasteiger partial charge is 0.493 e. The minimum absolute atomic E-state index is 0.117. The Morgan fingerprint density at radius 1 is 1.07 bits per heavy atom. The van der Waals surface area contributed by atoms with Gasteiger partial charge >= 0.3 is 0 Å². The van der Waals surface area contributed by atoms with Crippen LogP contribution in [0.25, 0.3) is 0 Å². The Hall–Kier alpha value is -2.93. The van der Waals surface area contributed by atoms with Crippen LogP contribution in [0.15, 0.2) is 36.4 Å². The second-order valence-electron chi connectivity index (χ2n) is 6.57. The SMILES string of the molecule is COc1cc(C)c(NCC(=O)Nc2ccc(N3CCOCC3)cc2)cc1OC. The van der Waals surface area contributed by atoms with Crippen molar-refractivity contribution in [2.24, 2.45) is 0 Å². The minimum Gasteiger partial charge on any atom is -0.493 e. The van der Waals surface area contributed by atoms with Gasteiger partial charge in [0.05, 0.1) is 34.0 Å². The summed E-state index contributed by atoms with van der Waals surface area (Å²) in [5.74, 6) is 1.17. The number of hydrogen-bond acceptors (Lipinski definition) is 6. The molecule has 7 heteroatoms. The molecule has 1 saturated heterocycles. The Labute approximate surface area is 165 Å². The van der Waals surface area contributed by atoms with E-state index in [4.69, 9.17) is 14.2 Å². The van der Waals surface area contributed by atoms with Crippen molar-refractivity contribution in [1.82, 2.24) is 0 Å². The molecule has 0 radical (unpaired) electrons. The maximum absolute atomic E-state index is 12.3. The van der Waals surface area contributed by atoms with E-state index in [1.54, 1.807) is 14.2 Å². The smallest absolute Gasteiger partial charge is 0.243 e. The molecule has 1 amide bonds. The van der Waals surface area contributed by atoms with Gasteiger partial charge in [0.2, 0.25) is 5.91 Å². The van der Waals surface area contributed by atoms with Gasteiger partial charge < -0.3 is 29.7 Å². The molecule has 3 rings (SSSR count). The van der Waals surface area contributed by atoms with Gasteiger partial charge in [-0.3, -0.25) is 4.79 Å². The Bertz CT molecular complexity index is 802. The third-order valence-electron chi connectivity index (χ3n) is 4.70. The highest BCUT2D eigenvalue weighted by Crippen LogP contribution is 2.32. The summed E-state index contributed by atoms with van der Waals surface area (Å²) >= 11 is 0. The summed E-state index contributed by atoms with van der Waals surface area (Å²) in [5.41, 5.74) is 3.71. The first-order valence-electron chi connectivity index (χ1n) is 9.30. The van der Waals surface area contributed by atoms with Crippen LogP contribution < -0.4 is 25.0 Å². The molecule has 0 aliphatic carbocycles.